The van der Waals surface area contributed by atoms with E-state index in [0.29, 0.717) is 31.9 Å². The summed E-state index contributed by atoms with van der Waals surface area (Å²) in [5.41, 5.74) is 2.23. The van der Waals surface area contributed by atoms with Crippen molar-refractivity contribution in [1.29, 1.82) is 0 Å². The molecule has 0 unspecified atom stereocenters. The summed E-state index contributed by atoms with van der Waals surface area (Å²) < 4.78 is 39.6. The summed E-state index contributed by atoms with van der Waals surface area (Å²) in [5, 5.41) is 5.35. The first-order valence-electron chi connectivity index (χ1n) is 10.4. The van der Waals surface area contributed by atoms with Gasteiger partial charge in [0.05, 0.1) is 18.0 Å². The molecule has 4 rings (SSSR count). The number of aryl methyl sites for hydroxylation is 1. The molecule has 3 heterocycles. The standard InChI is InChI=1S/C21H25ClN4O4S/c1-2-19-18-7-6-17(15-20(18)30-24-19)29-13-5-3-4-10-25-11-12-26(31(25,27)28)16-8-9-23-21(22)14-16/h6-9,14-15H,2-5,10-13H2,1H3. The second-order valence-electron chi connectivity index (χ2n) is 7.37. The second-order valence-corrected chi connectivity index (χ2v) is 9.61. The van der Waals surface area contributed by atoms with Crippen LogP contribution in [0, 0.1) is 0 Å². The predicted molar refractivity (Wildman–Crippen MR) is 120 cm³/mol. The molecule has 0 bridgehead atoms. The minimum absolute atomic E-state index is 0.277. The molecule has 0 spiro atoms. The van der Waals surface area contributed by atoms with Gasteiger partial charge in [-0.05, 0) is 49.9 Å². The van der Waals surface area contributed by atoms with Crippen LogP contribution in [0.5, 0.6) is 5.75 Å². The van der Waals surface area contributed by atoms with Crippen molar-refractivity contribution in [2.24, 2.45) is 0 Å². The van der Waals surface area contributed by atoms with E-state index in [9.17, 15) is 8.42 Å². The van der Waals surface area contributed by atoms with Crippen LogP contribution in [0.15, 0.2) is 41.1 Å². The number of rotatable bonds is 9. The molecule has 1 aliphatic rings. The van der Waals surface area contributed by atoms with Crippen molar-refractivity contribution in [3.8, 4) is 5.75 Å². The fraction of sp³-hybridized carbons (Fsp3) is 0.429. The molecule has 1 fully saturated rings. The summed E-state index contributed by atoms with van der Waals surface area (Å²) in [6, 6.07) is 8.98. The van der Waals surface area contributed by atoms with Crippen LogP contribution < -0.4 is 9.04 Å². The van der Waals surface area contributed by atoms with Crippen LogP contribution in [0.3, 0.4) is 0 Å². The average Bonchev–Trinajstić information content (AvgIpc) is 3.30. The van der Waals surface area contributed by atoms with Gasteiger partial charge in [-0.3, -0.25) is 4.31 Å². The Hall–Kier alpha value is -2.36. The molecule has 0 aliphatic carbocycles. The zero-order valence-electron chi connectivity index (χ0n) is 17.3. The average molecular weight is 465 g/mol. The minimum atomic E-state index is -3.52. The third-order valence-corrected chi connectivity index (χ3v) is 7.50. The van der Waals surface area contributed by atoms with Gasteiger partial charge in [-0.2, -0.15) is 12.7 Å². The lowest BCUT2D eigenvalue weighted by atomic mass is 10.2. The van der Waals surface area contributed by atoms with Crippen LogP contribution in [0.25, 0.3) is 11.0 Å². The molecule has 8 nitrogen and oxygen atoms in total. The number of aromatic nitrogens is 2. The maximum atomic E-state index is 12.8. The highest BCUT2D eigenvalue weighted by Crippen LogP contribution is 2.27. The number of nitrogens with zero attached hydrogens (tertiary/aromatic N) is 4. The Labute approximate surface area is 186 Å². The zero-order valence-corrected chi connectivity index (χ0v) is 18.9. The normalized spacial score (nSPS) is 16.3. The van der Waals surface area contributed by atoms with Crippen molar-refractivity contribution in [3.63, 3.8) is 0 Å². The summed E-state index contributed by atoms with van der Waals surface area (Å²) in [4.78, 5) is 3.91. The number of fused-ring (bicyclic) bond motifs is 1. The smallest absolute Gasteiger partial charge is 0.304 e. The molecule has 166 valence electrons. The molecule has 1 saturated heterocycles. The summed E-state index contributed by atoms with van der Waals surface area (Å²) in [7, 11) is -3.52. The van der Waals surface area contributed by atoms with Gasteiger partial charge < -0.3 is 9.26 Å². The lowest BCUT2D eigenvalue weighted by Crippen LogP contribution is -2.33. The number of hydrogen-bond acceptors (Lipinski definition) is 6. The van der Waals surface area contributed by atoms with E-state index in [1.54, 1.807) is 12.1 Å². The largest absolute Gasteiger partial charge is 0.493 e. The molecule has 0 radical (unpaired) electrons. The van der Waals surface area contributed by atoms with E-state index in [1.165, 1.54) is 14.8 Å². The summed E-state index contributed by atoms with van der Waals surface area (Å²) in [6.45, 7) is 3.98. The SMILES string of the molecule is CCc1noc2cc(OCCCCCN3CCN(c4ccnc(Cl)c4)S3(=O)=O)ccc12. The van der Waals surface area contributed by atoms with Crippen molar-refractivity contribution >= 4 is 38.5 Å². The van der Waals surface area contributed by atoms with Gasteiger partial charge in [-0.1, -0.05) is 23.7 Å². The number of ether oxygens (including phenoxy) is 1. The van der Waals surface area contributed by atoms with Crippen molar-refractivity contribution in [1.82, 2.24) is 14.4 Å². The van der Waals surface area contributed by atoms with E-state index < -0.39 is 10.2 Å². The fourth-order valence-corrected chi connectivity index (χ4v) is 5.49. The minimum Gasteiger partial charge on any atom is -0.493 e. The Morgan fingerprint density at radius 3 is 2.84 bits per heavy atom. The van der Waals surface area contributed by atoms with Gasteiger partial charge in [-0.25, -0.2) is 4.98 Å². The van der Waals surface area contributed by atoms with Crippen molar-refractivity contribution < 1.29 is 17.7 Å². The molecule has 1 aliphatic heterocycles. The number of unbranched alkanes of at least 4 members (excludes halogenated alkanes) is 2. The Bertz CT molecular complexity index is 1150. The monoisotopic (exact) mass is 464 g/mol. The van der Waals surface area contributed by atoms with Gasteiger partial charge in [-0.15, -0.1) is 0 Å². The predicted octanol–water partition coefficient (Wildman–Crippen LogP) is 4.05. The maximum absolute atomic E-state index is 12.8. The molecule has 1 aromatic carbocycles. The van der Waals surface area contributed by atoms with Crippen LogP contribution in [-0.2, 0) is 16.6 Å². The molecule has 0 saturated carbocycles. The topological polar surface area (TPSA) is 88.8 Å². The first-order chi connectivity index (χ1) is 15.0. The summed E-state index contributed by atoms with van der Waals surface area (Å²) >= 11 is 5.90. The van der Waals surface area contributed by atoms with Crippen LogP contribution in [0.4, 0.5) is 5.69 Å². The number of benzene rings is 1. The number of halogens is 1. The first kappa shape index (κ1) is 21.9. The third kappa shape index (κ3) is 4.78. The lowest BCUT2D eigenvalue weighted by molar-refractivity contribution is 0.302. The maximum Gasteiger partial charge on any atom is 0.304 e. The number of anilines is 1. The van der Waals surface area contributed by atoms with Crippen molar-refractivity contribution in [3.05, 3.63) is 47.4 Å². The zero-order chi connectivity index (χ0) is 21.8. The molecule has 10 heteroatoms. The highest BCUT2D eigenvalue weighted by atomic mass is 35.5. The van der Waals surface area contributed by atoms with E-state index >= 15 is 0 Å². The molecule has 2 aromatic heterocycles. The molecule has 3 aromatic rings. The van der Waals surface area contributed by atoms with Gasteiger partial charge >= 0.3 is 10.2 Å². The number of hydrogen-bond donors (Lipinski definition) is 0. The van der Waals surface area contributed by atoms with E-state index in [2.05, 4.69) is 10.1 Å². The Kier molecular flexibility index (Phi) is 6.64. The van der Waals surface area contributed by atoms with Crippen LogP contribution >= 0.6 is 11.6 Å². The summed E-state index contributed by atoms with van der Waals surface area (Å²) in [6.07, 6.45) is 4.82. The quantitative estimate of drug-likeness (QED) is 0.350. The van der Waals surface area contributed by atoms with Crippen LogP contribution in [0.1, 0.15) is 31.9 Å². The highest BCUT2D eigenvalue weighted by Gasteiger charge is 2.36. The van der Waals surface area contributed by atoms with Gasteiger partial charge in [0.1, 0.15) is 10.9 Å². The second kappa shape index (κ2) is 9.42. The van der Waals surface area contributed by atoms with Gasteiger partial charge in [0, 0.05) is 37.3 Å². The Morgan fingerprint density at radius 2 is 2.03 bits per heavy atom. The van der Waals surface area contributed by atoms with Crippen LogP contribution in [0.2, 0.25) is 5.15 Å². The van der Waals surface area contributed by atoms with Gasteiger partial charge in [0.15, 0.2) is 5.58 Å². The fourth-order valence-electron chi connectivity index (χ4n) is 3.68. The molecular formula is C21H25ClN4O4S. The molecule has 0 atom stereocenters. The van der Waals surface area contributed by atoms with Crippen LogP contribution in [-0.4, -0.2) is 49.1 Å². The highest BCUT2D eigenvalue weighted by molar-refractivity contribution is 7.90. The van der Waals surface area contributed by atoms with Crippen molar-refractivity contribution in [2.45, 2.75) is 32.6 Å². The Morgan fingerprint density at radius 1 is 1.16 bits per heavy atom. The molecule has 31 heavy (non-hydrogen) atoms. The van der Waals surface area contributed by atoms with Gasteiger partial charge in [0.2, 0.25) is 0 Å². The Balaban J connectivity index is 1.21. The number of pyridine rings is 1. The third-order valence-electron chi connectivity index (χ3n) is 5.33. The molecular weight excluding hydrogens is 440 g/mol. The van der Waals surface area contributed by atoms with E-state index in [1.807, 2.05) is 25.1 Å². The van der Waals surface area contributed by atoms with Gasteiger partial charge in [0.25, 0.3) is 0 Å². The first-order valence-corrected chi connectivity index (χ1v) is 12.2. The summed E-state index contributed by atoms with van der Waals surface area (Å²) in [5.74, 6) is 0.750. The molecule has 0 N–H and O–H groups in total. The van der Waals surface area contributed by atoms with E-state index in [0.717, 1.165) is 48.1 Å². The lowest BCUT2D eigenvalue weighted by Gasteiger charge is -2.20. The molecule has 0 amide bonds. The van der Waals surface area contributed by atoms with E-state index in [4.69, 9.17) is 20.9 Å². The van der Waals surface area contributed by atoms with E-state index in [-0.39, 0.29) is 5.15 Å². The van der Waals surface area contributed by atoms with Crippen molar-refractivity contribution in [2.75, 3.05) is 30.5 Å².